The molecule has 2 aromatic rings. The molecule has 3 aliphatic rings. The molecule has 2 aromatic carbocycles. The highest BCUT2D eigenvalue weighted by Gasteiger charge is 2.36. The normalized spacial score (nSPS) is 23.3. The second-order valence-corrected chi connectivity index (χ2v) is 8.35. The number of para-hydroxylation sites is 1. The molecule has 0 radical (unpaired) electrons. The summed E-state index contributed by atoms with van der Waals surface area (Å²) in [7, 11) is 0. The predicted octanol–water partition coefficient (Wildman–Crippen LogP) is 3.28. The van der Waals surface area contributed by atoms with Crippen molar-refractivity contribution in [1.82, 2.24) is 5.32 Å². The van der Waals surface area contributed by atoms with Crippen molar-refractivity contribution in [2.45, 2.75) is 31.7 Å². The average molecular weight is 405 g/mol. The van der Waals surface area contributed by atoms with E-state index in [1.54, 1.807) is 4.90 Å². The molecule has 2 unspecified atom stereocenters. The van der Waals surface area contributed by atoms with Crippen LogP contribution >= 0.6 is 0 Å². The van der Waals surface area contributed by atoms with E-state index in [1.165, 1.54) is 18.5 Å². The number of nitrogens with one attached hydrogen (secondary N) is 1. The summed E-state index contributed by atoms with van der Waals surface area (Å²) in [5.74, 6) is 0.458. The third-order valence-corrected chi connectivity index (χ3v) is 6.40. The van der Waals surface area contributed by atoms with E-state index in [9.17, 15) is 9.59 Å². The number of fused-ring (bicyclic) bond motifs is 1. The van der Waals surface area contributed by atoms with Gasteiger partial charge in [-0.05, 0) is 43.2 Å². The number of anilines is 2. The van der Waals surface area contributed by atoms with Crippen LogP contribution in [0.25, 0.3) is 0 Å². The van der Waals surface area contributed by atoms with Crippen LogP contribution in [-0.4, -0.2) is 38.1 Å². The van der Waals surface area contributed by atoms with Gasteiger partial charge in [0.2, 0.25) is 11.8 Å². The summed E-state index contributed by atoms with van der Waals surface area (Å²) in [5.41, 5.74) is 3.08. The lowest BCUT2D eigenvalue weighted by Gasteiger charge is -2.27. The molecule has 30 heavy (non-hydrogen) atoms. The molecule has 3 aliphatic heterocycles. The number of amides is 2. The van der Waals surface area contributed by atoms with Gasteiger partial charge in [-0.3, -0.25) is 9.59 Å². The van der Waals surface area contributed by atoms with Gasteiger partial charge in [-0.25, -0.2) is 0 Å². The van der Waals surface area contributed by atoms with Crippen molar-refractivity contribution in [2.24, 2.45) is 5.92 Å². The third-order valence-electron chi connectivity index (χ3n) is 6.40. The van der Waals surface area contributed by atoms with Crippen molar-refractivity contribution in [2.75, 3.05) is 36.0 Å². The van der Waals surface area contributed by atoms with Gasteiger partial charge in [-0.1, -0.05) is 18.2 Å². The average Bonchev–Trinajstić information content (AvgIpc) is 3.44. The van der Waals surface area contributed by atoms with Gasteiger partial charge in [0, 0.05) is 49.4 Å². The van der Waals surface area contributed by atoms with E-state index in [0.29, 0.717) is 13.2 Å². The second-order valence-electron chi connectivity index (χ2n) is 8.35. The summed E-state index contributed by atoms with van der Waals surface area (Å²) in [6.45, 7) is 3.21. The molecule has 0 spiro atoms. The summed E-state index contributed by atoms with van der Waals surface area (Å²) < 4.78 is 5.68. The Morgan fingerprint density at radius 1 is 1.00 bits per heavy atom. The Balaban J connectivity index is 1.24. The molecule has 2 saturated heterocycles. The van der Waals surface area contributed by atoms with Crippen LogP contribution in [0.5, 0.6) is 5.75 Å². The van der Waals surface area contributed by atoms with Crippen LogP contribution in [0.1, 0.15) is 37.3 Å². The zero-order valence-corrected chi connectivity index (χ0v) is 17.0. The maximum atomic E-state index is 12.9. The Bertz CT molecular complexity index is 937. The van der Waals surface area contributed by atoms with Crippen LogP contribution in [-0.2, 0) is 9.59 Å². The van der Waals surface area contributed by atoms with Gasteiger partial charge in [0.1, 0.15) is 5.75 Å². The van der Waals surface area contributed by atoms with Crippen molar-refractivity contribution in [3.63, 3.8) is 0 Å². The number of nitrogens with zero attached hydrogens (tertiary/aromatic N) is 2. The first-order valence-electron chi connectivity index (χ1n) is 10.9. The van der Waals surface area contributed by atoms with Gasteiger partial charge in [-0.2, -0.15) is 0 Å². The van der Waals surface area contributed by atoms with Crippen LogP contribution < -0.4 is 19.9 Å². The van der Waals surface area contributed by atoms with Gasteiger partial charge < -0.3 is 19.9 Å². The lowest BCUT2D eigenvalue weighted by molar-refractivity contribution is -0.127. The molecule has 6 heteroatoms. The van der Waals surface area contributed by atoms with Crippen molar-refractivity contribution in [3.05, 3.63) is 54.1 Å². The van der Waals surface area contributed by atoms with Gasteiger partial charge >= 0.3 is 0 Å². The Kier molecular flexibility index (Phi) is 5.07. The molecule has 5 rings (SSSR count). The number of hydrogen-bond acceptors (Lipinski definition) is 4. The summed E-state index contributed by atoms with van der Waals surface area (Å²) in [5, 5.41) is 3.15. The lowest BCUT2D eigenvalue weighted by Crippen LogP contribution is -2.37. The van der Waals surface area contributed by atoms with Crippen LogP contribution in [0, 0.1) is 5.92 Å². The minimum Gasteiger partial charge on any atom is -0.493 e. The van der Waals surface area contributed by atoms with E-state index >= 15 is 0 Å². The smallest absolute Gasteiger partial charge is 0.227 e. The standard InChI is InChI=1S/C24H27N3O3/c28-23-15-17(24(29)25-21-11-14-30-22-6-2-1-5-20(21)22)16-27(23)19-9-7-18(8-10-19)26-12-3-4-13-26/h1-2,5-10,17,21H,3-4,11-16H2,(H,25,29). The molecule has 2 amide bonds. The minimum atomic E-state index is -0.328. The van der Waals surface area contributed by atoms with Gasteiger partial charge in [0.15, 0.2) is 0 Å². The SMILES string of the molecule is O=C(NC1CCOc2ccccc21)C1CC(=O)N(c2ccc(N3CCCC3)cc2)C1. The molecule has 2 atom stereocenters. The molecule has 3 heterocycles. The molecule has 0 aliphatic carbocycles. The molecule has 6 nitrogen and oxygen atoms in total. The molecular weight excluding hydrogens is 378 g/mol. The summed E-state index contributed by atoms with van der Waals surface area (Å²) >= 11 is 0. The van der Waals surface area contributed by atoms with Crippen LogP contribution in [0.3, 0.4) is 0 Å². The number of rotatable bonds is 4. The highest BCUT2D eigenvalue weighted by molar-refractivity contribution is 6.00. The number of carbonyl (C=O) groups excluding carboxylic acids is 2. The van der Waals surface area contributed by atoms with Crippen LogP contribution in [0.15, 0.2) is 48.5 Å². The first kappa shape index (κ1) is 19.0. The van der Waals surface area contributed by atoms with Crippen molar-refractivity contribution in [3.8, 4) is 5.75 Å². The fourth-order valence-electron chi connectivity index (χ4n) is 4.73. The van der Waals surface area contributed by atoms with Crippen LogP contribution in [0.2, 0.25) is 0 Å². The maximum absolute atomic E-state index is 12.9. The number of benzene rings is 2. The van der Waals surface area contributed by atoms with Gasteiger partial charge in [0.25, 0.3) is 0 Å². The Labute approximate surface area is 176 Å². The zero-order chi connectivity index (χ0) is 20.5. The second kappa shape index (κ2) is 8.01. The number of carbonyl (C=O) groups is 2. The first-order chi connectivity index (χ1) is 14.7. The third kappa shape index (κ3) is 3.62. The number of hydrogen-bond donors (Lipinski definition) is 1. The van der Waals surface area contributed by atoms with E-state index in [1.807, 2.05) is 36.4 Å². The predicted molar refractivity (Wildman–Crippen MR) is 116 cm³/mol. The fraction of sp³-hybridized carbons (Fsp3) is 0.417. The quantitative estimate of drug-likeness (QED) is 0.848. The zero-order valence-electron chi connectivity index (χ0n) is 17.0. The topological polar surface area (TPSA) is 61.9 Å². The molecular formula is C24H27N3O3. The Morgan fingerprint density at radius 3 is 2.53 bits per heavy atom. The summed E-state index contributed by atoms with van der Waals surface area (Å²) in [6, 6.07) is 15.9. The van der Waals surface area contributed by atoms with Gasteiger partial charge in [-0.15, -0.1) is 0 Å². The van der Waals surface area contributed by atoms with Crippen molar-refractivity contribution >= 4 is 23.2 Å². The molecule has 2 fully saturated rings. The lowest BCUT2D eigenvalue weighted by atomic mass is 9.99. The van der Waals surface area contributed by atoms with E-state index in [-0.39, 0.29) is 30.2 Å². The molecule has 1 N–H and O–H groups in total. The maximum Gasteiger partial charge on any atom is 0.227 e. The van der Waals surface area contributed by atoms with E-state index in [0.717, 1.165) is 36.5 Å². The largest absolute Gasteiger partial charge is 0.493 e. The summed E-state index contributed by atoms with van der Waals surface area (Å²) in [6.07, 6.45) is 3.47. The minimum absolute atomic E-state index is 0.0106. The van der Waals surface area contributed by atoms with E-state index in [2.05, 4.69) is 22.3 Å². The van der Waals surface area contributed by atoms with E-state index < -0.39 is 0 Å². The number of ether oxygens (including phenoxy) is 1. The van der Waals surface area contributed by atoms with Crippen LogP contribution in [0.4, 0.5) is 11.4 Å². The van der Waals surface area contributed by atoms with E-state index in [4.69, 9.17) is 4.74 Å². The molecule has 156 valence electrons. The molecule has 0 aromatic heterocycles. The molecule has 0 saturated carbocycles. The Hall–Kier alpha value is -3.02. The fourth-order valence-corrected chi connectivity index (χ4v) is 4.73. The molecule has 0 bridgehead atoms. The monoisotopic (exact) mass is 405 g/mol. The van der Waals surface area contributed by atoms with Gasteiger partial charge in [0.05, 0.1) is 18.6 Å². The highest BCUT2D eigenvalue weighted by atomic mass is 16.5. The van der Waals surface area contributed by atoms with Crippen molar-refractivity contribution < 1.29 is 14.3 Å². The first-order valence-corrected chi connectivity index (χ1v) is 10.9. The Morgan fingerprint density at radius 2 is 1.73 bits per heavy atom. The highest BCUT2D eigenvalue weighted by Crippen LogP contribution is 2.33. The summed E-state index contributed by atoms with van der Waals surface area (Å²) in [4.78, 5) is 29.7. The van der Waals surface area contributed by atoms with Crippen molar-refractivity contribution in [1.29, 1.82) is 0 Å².